The normalized spacial score (nSPS) is 15.2. The Bertz CT molecular complexity index is 1080. The van der Waals surface area contributed by atoms with Crippen molar-refractivity contribution in [3.05, 3.63) is 22.6 Å². The Morgan fingerprint density at radius 1 is 1.22 bits per heavy atom. The van der Waals surface area contributed by atoms with Gasteiger partial charge in [-0.25, -0.2) is 4.98 Å². The van der Waals surface area contributed by atoms with Crippen LogP contribution in [0, 0.1) is 5.92 Å². The van der Waals surface area contributed by atoms with Crippen LogP contribution >= 0.6 is 11.3 Å². The molecule has 3 aromatic heterocycles. The lowest BCUT2D eigenvalue weighted by Crippen LogP contribution is -2.36. The van der Waals surface area contributed by atoms with Crippen LogP contribution in [0.2, 0.25) is 0 Å². The van der Waals surface area contributed by atoms with Gasteiger partial charge in [-0.3, -0.25) is 0 Å². The second kappa shape index (κ2) is 9.18. The number of rotatable bonds is 8. The van der Waals surface area contributed by atoms with E-state index in [4.69, 9.17) is 4.98 Å². The Balaban J connectivity index is 1.65. The number of anilines is 2. The summed E-state index contributed by atoms with van der Waals surface area (Å²) in [4.78, 5) is 13.3. The van der Waals surface area contributed by atoms with E-state index in [1.54, 1.807) is 11.3 Å². The van der Waals surface area contributed by atoms with Crippen LogP contribution in [0.4, 0.5) is 24.9 Å². The summed E-state index contributed by atoms with van der Waals surface area (Å²) >= 11 is 1.58. The van der Waals surface area contributed by atoms with Gasteiger partial charge in [0.1, 0.15) is 10.6 Å². The third-order valence-electron chi connectivity index (χ3n) is 5.58. The molecular weight excluding hydrogens is 443 g/mol. The molecule has 1 atom stereocenters. The van der Waals surface area contributed by atoms with Crippen molar-refractivity contribution in [1.29, 1.82) is 0 Å². The van der Waals surface area contributed by atoms with Crippen LogP contribution in [-0.4, -0.2) is 49.5 Å². The molecule has 0 bridgehead atoms. The Morgan fingerprint density at radius 2 is 2.03 bits per heavy atom. The quantitative estimate of drug-likeness (QED) is 0.520. The number of thiophene rings is 1. The Hall–Kier alpha value is -2.47. The molecular formula is C20H26F3N7OS. The van der Waals surface area contributed by atoms with Gasteiger partial charge in [-0.15, -0.1) is 21.5 Å². The fraction of sp³-hybridized carbons (Fsp3) is 0.600. The van der Waals surface area contributed by atoms with Crippen molar-refractivity contribution in [1.82, 2.24) is 24.7 Å². The number of nitrogens with zero attached hydrogens (tertiary/aromatic N) is 6. The Labute approximate surface area is 187 Å². The molecule has 0 radical (unpaired) electrons. The first-order chi connectivity index (χ1) is 15.3. The predicted octanol–water partition coefficient (Wildman–Crippen LogP) is 3.70. The summed E-state index contributed by atoms with van der Waals surface area (Å²) in [5.41, 5.74) is 0. The van der Waals surface area contributed by atoms with Crippen molar-refractivity contribution in [2.75, 3.05) is 29.9 Å². The number of aromatic nitrogens is 5. The van der Waals surface area contributed by atoms with Crippen LogP contribution in [0.5, 0.6) is 0 Å². The van der Waals surface area contributed by atoms with Gasteiger partial charge in [0.05, 0.1) is 11.9 Å². The largest absolute Gasteiger partial charge is 0.451 e. The van der Waals surface area contributed by atoms with Crippen molar-refractivity contribution in [2.45, 2.75) is 52.4 Å². The van der Waals surface area contributed by atoms with Crippen LogP contribution in [0.1, 0.15) is 43.2 Å². The highest BCUT2D eigenvalue weighted by atomic mass is 32.1. The number of aliphatic hydroxyl groups is 1. The molecule has 0 spiro atoms. The summed E-state index contributed by atoms with van der Waals surface area (Å²) in [6.07, 6.45) is -1.81. The van der Waals surface area contributed by atoms with Crippen LogP contribution in [0.15, 0.2) is 6.07 Å². The molecule has 1 unspecified atom stereocenters. The number of nitrogens with one attached hydrogen (secondary N) is 1. The maximum absolute atomic E-state index is 13.2. The van der Waals surface area contributed by atoms with E-state index in [-0.39, 0.29) is 31.4 Å². The van der Waals surface area contributed by atoms with Crippen LogP contribution in [0.25, 0.3) is 10.2 Å². The predicted molar refractivity (Wildman–Crippen MR) is 117 cm³/mol. The molecule has 2 N–H and O–H groups in total. The lowest BCUT2D eigenvalue weighted by molar-refractivity contribution is -0.147. The SMILES string of the molecule is CCCC(CO)CNc1nc(N2CCn3c(nnc3C(F)(F)F)C2)c2cc(CC)sc2n1. The molecule has 8 nitrogen and oxygen atoms in total. The van der Waals surface area contributed by atoms with Crippen molar-refractivity contribution in [2.24, 2.45) is 5.92 Å². The van der Waals surface area contributed by atoms with Crippen molar-refractivity contribution in [3.8, 4) is 0 Å². The molecule has 3 aromatic rings. The molecule has 32 heavy (non-hydrogen) atoms. The van der Waals surface area contributed by atoms with E-state index < -0.39 is 12.0 Å². The average Bonchev–Trinajstić information content (AvgIpc) is 3.39. The van der Waals surface area contributed by atoms with Gasteiger partial charge in [0.15, 0.2) is 5.82 Å². The summed E-state index contributed by atoms with van der Waals surface area (Å²) in [6, 6.07) is 2.05. The zero-order valence-corrected chi connectivity index (χ0v) is 18.8. The topological polar surface area (TPSA) is 92.0 Å². The lowest BCUT2D eigenvalue weighted by atomic mass is 10.1. The van der Waals surface area contributed by atoms with Gasteiger partial charge < -0.3 is 19.9 Å². The summed E-state index contributed by atoms with van der Waals surface area (Å²) in [7, 11) is 0. The smallest absolute Gasteiger partial charge is 0.396 e. The molecule has 12 heteroatoms. The molecule has 1 aliphatic heterocycles. The average molecular weight is 470 g/mol. The van der Waals surface area contributed by atoms with E-state index in [0.29, 0.717) is 24.9 Å². The highest BCUT2D eigenvalue weighted by Crippen LogP contribution is 2.35. The minimum atomic E-state index is -4.53. The molecule has 0 fully saturated rings. The fourth-order valence-electron chi connectivity index (χ4n) is 3.90. The van der Waals surface area contributed by atoms with Crippen LogP contribution in [-0.2, 0) is 25.7 Å². The fourth-order valence-corrected chi connectivity index (χ4v) is 4.86. The van der Waals surface area contributed by atoms with E-state index in [9.17, 15) is 18.3 Å². The monoisotopic (exact) mass is 469 g/mol. The van der Waals surface area contributed by atoms with Gasteiger partial charge >= 0.3 is 6.18 Å². The number of halogens is 3. The molecule has 0 aromatic carbocycles. The molecule has 4 heterocycles. The standard InChI is InChI=1S/C20H26F3N7OS/c1-3-5-12(11-31)9-24-19-25-16(14-8-13(4-2)32-17(14)26-19)29-6-7-30-15(10-29)27-28-18(30)20(21,22)23/h8,12,31H,3-7,9-11H2,1-2H3,(H,24,25,26). The zero-order valence-electron chi connectivity index (χ0n) is 18.0. The molecule has 4 rings (SSSR count). The van der Waals surface area contributed by atoms with Gasteiger partial charge in [0.2, 0.25) is 11.8 Å². The number of alkyl halides is 3. The van der Waals surface area contributed by atoms with E-state index in [1.807, 2.05) is 11.0 Å². The molecule has 1 aliphatic rings. The number of aryl methyl sites for hydroxylation is 1. The summed E-state index contributed by atoms with van der Waals surface area (Å²) in [6.45, 7) is 5.42. The molecule has 0 saturated carbocycles. The number of aliphatic hydroxyl groups excluding tert-OH is 1. The van der Waals surface area contributed by atoms with Gasteiger partial charge in [-0.2, -0.15) is 18.2 Å². The van der Waals surface area contributed by atoms with Crippen molar-refractivity contribution < 1.29 is 18.3 Å². The zero-order chi connectivity index (χ0) is 22.9. The number of hydrogen-bond donors (Lipinski definition) is 2. The maximum atomic E-state index is 13.2. The first-order valence-corrected chi connectivity index (χ1v) is 11.5. The van der Waals surface area contributed by atoms with Gasteiger partial charge in [-0.1, -0.05) is 20.3 Å². The Morgan fingerprint density at radius 3 is 2.72 bits per heavy atom. The third kappa shape index (κ3) is 4.51. The highest BCUT2D eigenvalue weighted by molar-refractivity contribution is 7.18. The minimum Gasteiger partial charge on any atom is -0.396 e. The molecule has 0 saturated heterocycles. The summed E-state index contributed by atoms with van der Waals surface area (Å²) in [5.74, 6) is 0.532. The van der Waals surface area contributed by atoms with Crippen molar-refractivity contribution in [3.63, 3.8) is 0 Å². The Kier molecular flexibility index (Phi) is 6.52. The van der Waals surface area contributed by atoms with Crippen LogP contribution < -0.4 is 10.2 Å². The number of hydrogen-bond acceptors (Lipinski definition) is 8. The van der Waals surface area contributed by atoms with E-state index >= 15 is 0 Å². The molecule has 174 valence electrons. The number of fused-ring (bicyclic) bond motifs is 2. The van der Waals surface area contributed by atoms with Gasteiger partial charge in [0, 0.05) is 31.1 Å². The summed E-state index contributed by atoms with van der Waals surface area (Å²) in [5, 5.41) is 20.8. The summed E-state index contributed by atoms with van der Waals surface area (Å²) < 4.78 is 40.7. The van der Waals surface area contributed by atoms with Gasteiger partial charge in [-0.05, 0) is 24.8 Å². The molecule has 0 amide bonds. The first-order valence-electron chi connectivity index (χ1n) is 10.7. The first kappa shape index (κ1) is 22.7. The maximum Gasteiger partial charge on any atom is 0.451 e. The van der Waals surface area contributed by atoms with Crippen molar-refractivity contribution >= 4 is 33.3 Å². The van der Waals surface area contributed by atoms with E-state index in [0.717, 1.165) is 38.9 Å². The second-order valence-electron chi connectivity index (χ2n) is 7.88. The second-order valence-corrected chi connectivity index (χ2v) is 9.00. The third-order valence-corrected chi connectivity index (χ3v) is 6.76. The van der Waals surface area contributed by atoms with E-state index in [1.165, 1.54) is 0 Å². The van der Waals surface area contributed by atoms with E-state index in [2.05, 4.69) is 34.3 Å². The lowest BCUT2D eigenvalue weighted by Gasteiger charge is -2.29. The highest BCUT2D eigenvalue weighted by Gasteiger charge is 2.39. The van der Waals surface area contributed by atoms with Gasteiger partial charge in [0.25, 0.3) is 0 Å². The minimum absolute atomic E-state index is 0.0816. The van der Waals surface area contributed by atoms with Crippen LogP contribution in [0.3, 0.4) is 0 Å². The molecule has 0 aliphatic carbocycles.